The molecule has 2 aromatic heterocycles. The van der Waals surface area contributed by atoms with Crippen molar-refractivity contribution in [3.63, 3.8) is 0 Å². The molecule has 0 spiro atoms. The molecule has 0 aliphatic rings. The Bertz CT molecular complexity index is 941. The average molecular weight is 314 g/mol. The summed E-state index contributed by atoms with van der Waals surface area (Å²) in [7, 11) is 0. The van der Waals surface area contributed by atoms with E-state index in [9.17, 15) is 0 Å². The van der Waals surface area contributed by atoms with Gasteiger partial charge >= 0.3 is 0 Å². The number of aromatic nitrogens is 3. The van der Waals surface area contributed by atoms with Gasteiger partial charge in [0.1, 0.15) is 5.82 Å². The van der Waals surface area contributed by atoms with Crippen molar-refractivity contribution < 1.29 is 0 Å². The van der Waals surface area contributed by atoms with Gasteiger partial charge in [0.15, 0.2) is 5.82 Å². The van der Waals surface area contributed by atoms with Crippen LogP contribution in [0.25, 0.3) is 27.9 Å². The van der Waals surface area contributed by atoms with Crippen LogP contribution in [0.4, 0.5) is 5.82 Å². The minimum absolute atomic E-state index is 0.462. The number of nitrogens with zero attached hydrogens (tertiary/aromatic N) is 3. The summed E-state index contributed by atoms with van der Waals surface area (Å²) >= 11 is 0. The van der Waals surface area contributed by atoms with Gasteiger partial charge in [-0.15, -0.1) is 0 Å². The number of fused-ring (bicyclic) bond motifs is 1. The van der Waals surface area contributed by atoms with E-state index in [-0.39, 0.29) is 0 Å². The molecule has 0 radical (unpaired) electrons. The summed E-state index contributed by atoms with van der Waals surface area (Å²) in [6, 6.07) is 9.71. The van der Waals surface area contributed by atoms with Gasteiger partial charge in [-0.05, 0) is 30.7 Å². The monoisotopic (exact) mass is 314 g/mol. The van der Waals surface area contributed by atoms with Gasteiger partial charge in [0.05, 0.1) is 5.52 Å². The van der Waals surface area contributed by atoms with Crippen molar-refractivity contribution in [1.82, 2.24) is 15.0 Å². The number of allylic oxidation sites excluding steroid dienone is 5. The molecule has 0 atom stereocenters. The second-order valence-electron chi connectivity index (χ2n) is 5.21. The molecule has 3 rings (SSSR count). The predicted molar refractivity (Wildman–Crippen MR) is 100 cm³/mol. The predicted octanol–water partition coefficient (Wildman–Crippen LogP) is 4.42. The molecule has 0 aliphatic carbocycles. The fraction of sp³-hybridized carbons (Fsp3) is 0.0500. The highest BCUT2D eigenvalue weighted by molar-refractivity contribution is 5.98. The van der Waals surface area contributed by atoms with Crippen LogP contribution in [0.1, 0.15) is 12.5 Å². The van der Waals surface area contributed by atoms with E-state index in [4.69, 9.17) is 10.7 Å². The quantitative estimate of drug-likeness (QED) is 0.724. The minimum atomic E-state index is 0.462. The molecule has 0 aliphatic heterocycles. The summed E-state index contributed by atoms with van der Waals surface area (Å²) < 4.78 is 0. The van der Waals surface area contributed by atoms with Crippen LogP contribution in [0.2, 0.25) is 0 Å². The topological polar surface area (TPSA) is 64.7 Å². The highest BCUT2D eigenvalue weighted by atomic mass is 14.9. The molecular weight excluding hydrogens is 296 g/mol. The van der Waals surface area contributed by atoms with Crippen LogP contribution >= 0.6 is 0 Å². The molecule has 0 saturated heterocycles. The highest BCUT2D eigenvalue weighted by Crippen LogP contribution is 2.29. The third-order valence-electron chi connectivity index (χ3n) is 3.71. The van der Waals surface area contributed by atoms with Gasteiger partial charge < -0.3 is 5.73 Å². The van der Waals surface area contributed by atoms with Crippen LogP contribution in [0.5, 0.6) is 0 Å². The molecule has 3 aromatic rings. The maximum Gasteiger partial charge on any atom is 0.163 e. The second kappa shape index (κ2) is 6.87. The number of rotatable bonds is 4. The van der Waals surface area contributed by atoms with Gasteiger partial charge in [-0.3, -0.25) is 4.98 Å². The fourth-order valence-corrected chi connectivity index (χ4v) is 2.55. The summed E-state index contributed by atoms with van der Waals surface area (Å²) in [6.07, 6.45) is 11.1. The number of pyridine rings is 1. The van der Waals surface area contributed by atoms with E-state index in [1.165, 1.54) is 0 Å². The Labute approximate surface area is 141 Å². The summed E-state index contributed by atoms with van der Waals surface area (Å²) in [5, 5.41) is 0.839. The second-order valence-corrected chi connectivity index (χ2v) is 5.21. The Morgan fingerprint density at radius 3 is 2.75 bits per heavy atom. The van der Waals surface area contributed by atoms with E-state index in [1.54, 1.807) is 18.5 Å². The number of hydrogen-bond donors (Lipinski definition) is 1. The number of nitrogens with two attached hydrogens (primary N) is 1. The van der Waals surface area contributed by atoms with E-state index in [0.29, 0.717) is 11.6 Å². The molecule has 0 saturated carbocycles. The van der Waals surface area contributed by atoms with Crippen LogP contribution in [0, 0.1) is 0 Å². The van der Waals surface area contributed by atoms with Crippen molar-refractivity contribution in [2.24, 2.45) is 0 Å². The normalized spacial score (nSPS) is 12.0. The van der Waals surface area contributed by atoms with Crippen molar-refractivity contribution in [2.45, 2.75) is 6.92 Å². The third-order valence-corrected chi connectivity index (χ3v) is 3.71. The summed E-state index contributed by atoms with van der Waals surface area (Å²) in [4.78, 5) is 13.3. The Morgan fingerprint density at radius 1 is 1.17 bits per heavy atom. The molecule has 0 amide bonds. The van der Waals surface area contributed by atoms with Crippen molar-refractivity contribution >= 4 is 22.3 Å². The standard InChI is InChI=1S/C20H18N4/c1-3-5-8-14(4-2)16-10-6-11-17-18(16)23-20(24-19(17)21)15-9-7-12-22-13-15/h3-13H,1H2,2H3,(H2,21,23,24)/b8-5-,14-4+. The van der Waals surface area contributed by atoms with Crippen molar-refractivity contribution in [1.29, 1.82) is 0 Å². The molecule has 0 unspecified atom stereocenters. The maximum atomic E-state index is 6.18. The van der Waals surface area contributed by atoms with Gasteiger partial charge in [0, 0.05) is 28.9 Å². The van der Waals surface area contributed by atoms with Crippen LogP contribution in [-0.4, -0.2) is 15.0 Å². The van der Waals surface area contributed by atoms with E-state index in [1.807, 2.05) is 55.5 Å². The third kappa shape index (κ3) is 2.94. The molecule has 4 nitrogen and oxygen atoms in total. The molecule has 24 heavy (non-hydrogen) atoms. The van der Waals surface area contributed by atoms with E-state index in [0.717, 1.165) is 27.6 Å². The van der Waals surface area contributed by atoms with Crippen molar-refractivity contribution in [2.75, 3.05) is 5.73 Å². The molecule has 0 bridgehead atoms. The zero-order valence-corrected chi connectivity index (χ0v) is 13.5. The Kier molecular flexibility index (Phi) is 4.47. The lowest BCUT2D eigenvalue weighted by atomic mass is 10.0. The SMILES string of the molecule is C=C/C=C\C(=C/C)c1cccc2c(N)nc(-c3cccnc3)nc12. The molecule has 118 valence electrons. The van der Waals surface area contributed by atoms with E-state index in [2.05, 4.69) is 16.5 Å². The number of nitrogen functional groups attached to an aromatic ring is 1. The highest BCUT2D eigenvalue weighted by Gasteiger charge is 2.11. The fourth-order valence-electron chi connectivity index (χ4n) is 2.55. The first-order chi connectivity index (χ1) is 11.7. The molecule has 2 heterocycles. The zero-order chi connectivity index (χ0) is 16.9. The molecule has 0 fully saturated rings. The van der Waals surface area contributed by atoms with Crippen LogP contribution in [0.15, 0.2) is 73.6 Å². The van der Waals surface area contributed by atoms with Gasteiger partial charge in [0.25, 0.3) is 0 Å². The number of benzene rings is 1. The van der Waals surface area contributed by atoms with Crippen molar-refractivity contribution in [3.05, 3.63) is 79.2 Å². The van der Waals surface area contributed by atoms with Gasteiger partial charge in [-0.25, -0.2) is 9.97 Å². The number of hydrogen-bond acceptors (Lipinski definition) is 4. The Balaban J connectivity index is 2.26. The van der Waals surface area contributed by atoms with Crippen molar-refractivity contribution in [3.8, 4) is 11.4 Å². The maximum absolute atomic E-state index is 6.18. The lowest BCUT2D eigenvalue weighted by Gasteiger charge is -2.10. The number of anilines is 1. The number of para-hydroxylation sites is 1. The summed E-state index contributed by atoms with van der Waals surface area (Å²) in [5.41, 5.74) is 9.90. The van der Waals surface area contributed by atoms with Crippen LogP contribution in [-0.2, 0) is 0 Å². The molecular formula is C20H18N4. The van der Waals surface area contributed by atoms with Gasteiger partial charge in [0.2, 0.25) is 0 Å². The minimum Gasteiger partial charge on any atom is -0.383 e. The Hall–Kier alpha value is -3.27. The molecule has 1 aromatic carbocycles. The zero-order valence-electron chi connectivity index (χ0n) is 13.5. The van der Waals surface area contributed by atoms with Crippen LogP contribution < -0.4 is 5.73 Å². The van der Waals surface area contributed by atoms with E-state index >= 15 is 0 Å². The first kappa shape index (κ1) is 15.6. The van der Waals surface area contributed by atoms with Crippen LogP contribution in [0.3, 0.4) is 0 Å². The van der Waals surface area contributed by atoms with Gasteiger partial charge in [-0.1, -0.05) is 43.0 Å². The summed E-state index contributed by atoms with van der Waals surface area (Å²) in [5.74, 6) is 1.03. The summed E-state index contributed by atoms with van der Waals surface area (Å²) in [6.45, 7) is 5.72. The first-order valence-electron chi connectivity index (χ1n) is 7.67. The van der Waals surface area contributed by atoms with E-state index < -0.39 is 0 Å². The average Bonchev–Trinajstić information content (AvgIpc) is 2.63. The lowest BCUT2D eigenvalue weighted by Crippen LogP contribution is -2.00. The molecule has 4 heteroatoms. The largest absolute Gasteiger partial charge is 0.383 e. The van der Waals surface area contributed by atoms with Gasteiger partial charge in [-0.2, -0.15) is 0 Å². The first-order valence-corrected chi connectivity index (χ1v) is 7.67. The molecule has 2 N–H and O–H groups in total. The lowest BCUT2D eigenvalue weighted by molar-refractivity contribution is 1.21. The Morgan fingerprint density at radius 2 is 2.04 bits per heavy atom. The smallest absolute Gasteiger partial charge is 0.163 e.